The molecule has 0 aliphatic rings. The molecule has 0 heterocycles. The number of carboxylic acid groups (broad SMARTS) is 1. The van der Waals surface area contributed by atoms with Crippen LogP contribution in [-0.2, 0) is 33.4 Å². The van der Waals surface area contributed by atoms with E-state index in [1.165, 1.54) is 14.0 Å². The van der Waals surface area contributed by atoms with Crippen LogP contribution in [0.25, 0.3) is 0 Å². The number of aliphatic carboxylic acids is 1. The van der Waals surface area contributed by atoms with E-state index in [0.29, 0.717) is 29.7 Å². The van der Waals surface area contributed by atoms with E-state index in [4.69, 9.17) is 14.6 Å². The number of allylic oxidation sites excluding steroid dienone is 2. The smallest absolute Gasteiger partial charge is 0.338 e. The van der Waals surface area contributed by atoms with Crippen molar-refractivity contribution in [1.82, 2.24) is 0 Å². The monoisotopic (exact) mass is 452 g/mol. The zero-order valence-electron chi connectivity index (χ0n) is 20.0. The molecule has 1 N–H and O–H groups in total. The number of carbonyl (C=O) groups is 4. The largest absolute Gasteiger partial charge is 0.478 e. The molecule has 0 radical (unpaired) electrons. The fourth-order valence-electron chi connectivity index (χ4n) is 2.05. The lowest BCUT2D eigenvalue weighted by Gasteiger charge is -2.11. The molecule has 0 atom stereocenters. The molecule has 0 aromatic carbocycles. The van der Waals surface area contributed by atoms with Gasteiger partial charge in [0.1, 0.15) is 11.5 Å². The number of hydrogen-bond donors (Lipinski definition) is 1. The Morgan fingerprint density at radius 3 is 1.66 bits per heavy atom. The molecule has 0 unspecified atom stereocenters. The molecule has 8 heteroatoms. The van der Waals surface area contributed by atoms with Crippen LogP contribution in [0, 0.1) is 0 Å². The molecule has 0 bridgehead atoms. The van der Waals surface area contributed by atoms with Gasteiger partial charge in [-0.3, -0.25) is 0 Å². The van der Waals surface area contributed by atoms with Crippen LogP contribution >= 0.6 is 0 Å². The Hall–Kier alpha value is -3.16. The van der Waals surface area contributed by atoms with Crippen molar-refractivity contribution >= 4 is 23.9 Å². The predicted octanol–water partition coefficient (Wildman–Crippen LogP) is 5.01. The van der Waals surface area contributed by atoms with Crippen LogP contribution in [0.2, 0.25) is 0 Å². The van der Waals surface area contributed by atoms with Gasteiger partial charge in [-0.2, -0.15) is 0 Å². The number of hydrogen-bond acceptors (Lipinski definition) is 7. The van der Waals surface area contributed by atoms with Crippen LogP contribution < -0.4 is 0 Å². The quantitative estimate of drug-likeness (QED) is 0.190. The molecule has 0 aliphatic carbocycles. The van der Waals surface area contributed by atoms with E-state index in [0.717, 1.165) is 31.8 Å². The number of carbonyl (C=O) groups excluding carboxylic acids is 3. The summed E-state index contributed by atoms with van der Waals surface area (Å²) in [6, 6.07) is 0. The van der Waals surface area contributed by atoms with E-state index in [1.54, 1.807) is 13.8 Å². The Bertz CT molecular complexity index is 756. The summed E-state index contributed by atoms with van der Waals surface area (Å²) in [5.74, 6) is -2.11. The molecule has 0 aromatic heterocycles. The van der Waals surface area contributed by atoms with Gasteiger partial charge < -0.3 is 19.3 Å². The van der Waals surface area contributed by atoms with E-state index >= 15 is 0 Å². The van der Waals surface area contributed by atoms with Gasteiger partial charge in [-0.1, -0.05) is 39.8 Å². The highest BCUT2D eigenvalue weighted by Crippen LogP contribution is 2.17. The van der Waals surface area contributed by atoms with Gasteiger partial charge >= 0.3 is 23.9 Å². The molecule has 0 spiro atoms. The van der Waals surface area contributed by atoms with Gasteiger partial charge in [-0.25, -0.2) is 19.2 Å². The molecule has 0 fully saturated rings. The van der Waals surface area contributed by atoms with Gasteiger partial charge in [-0.15, -0.1) is 0 Å². The second-order valence-corrected chi connectivity index (χ2v) is 6.90. The first-order valence-electron chi connectivity index (χ1n) is 10.4. The molecule has 0 rings (SSSR count). The maximum absolute atomic E-state index is 11.4. The standard InChI is InChI=1S/C13H20O4.C11H16O4/c1-6-7-8-11(10(4)13(15)16-5)17-12(14)9(2)3;1-4-6-7-9(8(3)11(13)14)15-10(12)5-2/h2,6-8H2,1,3-5H3;5H,2,4,6-7H2,1,3H3,(H,13,14). The van der Waals surface area contributed by atoms with Crippen molar-refractivity contribution in [3.05, 3.63) is 47.5 Å². The summed E-state index contributed by atoms with van der Waals surface area (Å²) in [6.07, 6.45) is 5.48. The van der Waals surface area contributed by atoms with Crippen LogP contribution in [0.15, 0.2) is 47.5 Å². The lowest BCUT2D eigenvalue weighted by molar-refractivity contribution is -0.138. The third-order valence-corrected chi connectivity index (χ3v) is 4.12. The average Bonchev–Trinajstić information content (AvgIpc) is 2.77. The van der Waals surface area contributed by atoms with Crippen molar-refractivity contribution < 1.29 is 38.5 Å². The first-order chi connectivity index (χ1) is 15.0. The minimum Gasteiger partial charge on any atom is -0.478 e. The van der Waals surface area contributed by atoms with Crippen molar-refractivity contribution in [3.63, 3.8) is 0 Å². The van der Waals surface area contributed by atoms with Gasteiger partial charge in [0.2, 0.25) is 0 Å². The van der Waals surface area contributed by atoms with Crippen LogP contribution in [0.3, 0.4) is 0 Å². The Labute approximate surface area is 190 Å². The number of unbranched alkanes of at least 4 members (excludes halogenated alkanes) is 2. The molecule has 8 nitrogen and oxygen atoms in total. The van der Waals surface area contributed by atoms with Gasteiger partial charge in [0.25, 0.3) is 0 Å². The Morgan fingerprint density at radius 2 is 1.31 bits per heavy atom. The topological polar surface area (TPSA) is 116 Å². The maximum atomic E-state index is 11.4. The van der Waals surface area contributed by atoms with Crippen molar-refractivity contribution in [1.29, 1.82) is 0 Å². The van der Waals surface area contributed by atoms with Gasteiger partial charge in [0, 0.05) is 24.5 Å². The maximum Gasteiger partial charge on any atom is 0.338 e. The summed E-state index contributed by atoms with van der Waals surface area (Å²) in [7, 11) is 1.30. The second kappa shape index (κ2) is 17.5. The third-order valence-electron chi connectivity index (χ3n) is 4.12. The summed E-state index contributed by atoms with van der Waals surface area (Å²) in [4.78, 5) is 44.4. The third kappa shape index (κ3) is 13.2. The number of carboxylic acids is 1. The van der Waals surface area contributed by atoms with Crippen molar-refractivity contribution in [3.8, 4) is 0 Å². The lowest BCUT2D eigenvalue weighted by atomic mass is 10.1. The number of ether oxygens (including phenoxy) is 3. The average molecular weight is 453 g/mol. The summed E-state index contributed by atoms with van der Waals surface area (Å²) in [6.45, 7) is 15.3. The van der Waals surface area contributed by atoms with E-state index in [2.05, 4.69) is 17.9 Å². The summed E-state index contributed by atoms with van der Waals surface area (Å²) < 4.78 is 14.6. The Morgan fingerprint density at radius 1 is 0.844 bits per heavy atom. The van der Waals surface area contributed by atoms with Crippen molar-refractivity contribution in [2.75, 3.05) is 7.11 Å². The van der Waals surface area contributed by atoms with Crippen LogP contribution in [0.1, 0.15) is 73.1 Å². The first-order valence-corrected chi connectivity index (χ1v) is 10.4. The normalized spacial score (nSPS) is 11.6. The fourth-order valence-corrected chi connectivity index (χ4v) is 2.05. The molecule has 180 valence electrons. The number of rotatable bonds is 12. The molecule has 32 heavy (non-hydrogen) atoms. The molecule has 0 saturated carbocycles. The number of esters is 3. The van der Waals surface area contributed by atoms with E-state index < -0.39 is 23.9 Å². The molecular weight excluding hydrogens is 416 g/mol. The van der Waals surface area contributed by atoms with Gasteiger partial charge in [-0.05, 0) is 33.6 Å². The van der Waals surface area contributed by atoms with Crippen molar-refractivity contribution in [2.24, 2.45) is 0 Å². The summed E-state index contributed by atoms with van der Waals surface area (Å²) >= 11 is 0. The number of methoxy groups -OCH3 is 1. The Kier molecular flexibility index (Phi) is 17.0. The highest BCUT2D eigenvalue weighted by Gasteiger charge is 2.16. The van der Waals surface area contributed by atoms with E-state index in [1.807, 2.05) is 13.8 Å². The van der Waals surface area contributed by atoms with E-state index in [-0.39, 0.29) is 11.3 Å². The lowest BCUT2D eigenvalue weighted by Crippen LogP contribution is -2.11. The molecule has 0 amide bonds. The SMILES string of the molecule is C=C(C)C(=O)OC(CCCC)=C(C)C(=O)OC.C=CC(=O)OC(CCCC)=C(C)C(=O)O. The van der Waals surface area contributed by atoms with E-state index in [9.17, 15) is 19.2 Å². The highest BCUT2D eigenvalue weighted by molar-refractivity contribution is 5.91. The van der Waals surface area contributed by atoms with Crippen LogP contribution in [0.5, 0.6) is 0 Å². The minimum atomic E-state index is -1.07. The molecule has 0 saturated heterocycles. The van der Waals surface area contributed by atoms with Crippen molar-refractivity contribution in [2.45, 2.75) is 73.1 Å². The molecule has 0 aromatic rings. The van der Waals surface area contributed by atoms with Crippen LogP contribution in [-0.4, -0.2) is 36.1 Å². The zero-order chi connectivity index (χ0) is 25.3. The molecular formula is C24H36O8. The Balaban J connectivity index is 0. The van der Waals surface area contributed by atoms with Gasteiger partial charge in [0.05, 0.1) is 18.3 Å². The van der Waals surface area contributed by atoms with Gasteiger partial charge in [0.15, 0.2) is 0 Å². The van der Waals surface area contributed by atoms with Crippen LogP contribution in [0.4, 0.5) is 0 Å². The summed E-state index contributed by atoms with van der Waals surface area (Å²) in [5.41, 5.74) is 0.700. The second-order valence-electron chi connectivity index (χ2n) is 6.90. The highest BCUT2D eigenvalue weighted by atomic mass is 16.5. The zero-order valence-corrected chi connectivity index (χ0v) is 20.0. The fraction of sp³-hybridized carbons (Fsp3) is 0.500. The minimum absolute atomic E-state index is 0.0682. The molecule has 0 aliphatic heterocycles. The predicted molar refractivity (Wildman–Crippen MR) is 121 cm³/mol. The summed E-state index contributed by atoms with van der Waals surface area (Å²) in [5, 5.41) is 8.76. The first kappa shape index (κ1) is 31.0.